The van der Waals surface area contributed by atoms with Gasteiger partial charge >= 0.3 is 0 Å². The second-order valence-corrected chi connectivity index (χ2v) is 7.12. The highest BCUT2D eigenvalue weighted by Crippen LogP contribution is 2.38. The molecule has 1 aliphatic carbocycles. The van der Waals surface area contributed by atoms with Gasteiger partial charge in [-0.25, -0.2) is 0 Å². The van der Waals surface area contributed by atoms with Crippen molar-refractivity contribution in [2.45, 2.75) is 24.8 Å². The number of thiophene rings is 1. The molecule has 24 heavy (non-hydrogen) atoms. The number of nitrogens with one attached hydrogen (secondary N) is 2. The average molecular weight is 343 g/mol. The van der Waals surface area contributed by atoms with E-state index in [0.717, 1.165) is 23.4 Å². The van der Waals surface area contributed by atoms with Gasteiger partial charge in [-0.2, -0.15) is 0 Å². The number of H-pyrrole nitrogens is 1. The number of amides is 2. The lowest BCUT2D eigenvalue weighted by molar-refractivity contribution is -0.127. The maximum atomic E-state index is 12.9. The Morgan fingerprint density at radius 3 is 2.71 bits per heavy atom. The highest BCUT2D eigenvalue weighted by atomic mass is 32.1. The first-order valence-corrected chi connectivity index (χ1v) is 8.88. The van der Waals surface area contributed by atoms with Crippen molar-refractivity contribution in [3.05, 3.63) is 56.1 Å². The van der Waals surface area contributed by atoms with Gasteiger partial charge in [-0.3, -0.25) is 14.4 Å². The third-order valence-corrected chi connectivity index (χ3v) is 5.39. The molecular formula is C17H17N3O3S. The molecular weight excluding hydrogens is 326 g/mol. The van der Waals surface area contributed by atoms with Crippen molar-refractivity contribution in [1.29, 1.82) is 0 Å². The van der Waals surface area contributed by atoms with Gasteiger partial charge in [-0.15, -0.1) is 11.3 Å². The van der Waals surface area contributed by atoms with Crippen LogP contribution in [0.2, 0.25) is 0 Å². The minimum Gasteiger partial charge on any atom is -0.352 e. The molecule has 0 aromatic carbocycles. The minimum absolute atomic E-state index is 0.0932. The lowest BCUT2D eigenvalue weighted by Gasteiger charge is -2.34. The summed E-state index contributed by atoms with van der Waals surface area (Å²) in [7, 11) is 0. The van der Waals surface area contributed by atoms with Crippen LogP contribution in [0.1, 0.15) is 45.7 Å². The number of hydrogen-bond acceptors (Lipinski definition) is 4. The first kappa shape index (κ1) is 15.1. The summed E-state index contributed by atoms with van der Waals surface area (Å²) in [6, 6.07) is 6.42. The Kier molecular flexibility index (Phi) is 3.72. The summed E-state index contributed by atoms with van der Waals surface area (Å²) in [5.74, 6) is -0.184. The van der Waals surface area contributed by atoms with Crippen LogP contribution in [0, 0.1) is 0 Å². The van der Waals surface area contributed by atoms with Crippen molar-refractivity contribution >= 4 is 23.2 Å². The van der Waals surface area contributed by atoms with Crippen molar-refractivity contribution in [3.8, 4) is 0 Å². The van der Waals surface area contributed by atoms with Crippen LogP contribution in [-0.4, -0.2) is 34.8 Å². The van der Waals surface area contributed by atoms with E-state index in [2.05, 4.69) is 10.3 Å². The van der Waals surface area contributed by atoms with Gasteiger partial charge in [0.05, 0.1) is 0 Å². The van der Waals surface area contributed by atoms with Crippen LogP contribution in [0.15, 0.2) is 34.4 Å². The van der Waals surface area contributed by atoms with Gasteiger partial charge in [0.15, 0.2) is 0 Å². The summed E-state index contributed by atoms with van der Waals surface area (Å²) in [6.07, 6.45) is 2.16. The maximum Gasteiger partial charge on any atom is 0.261 e. The molecule has 0 bridgehead atoms. The van der Waals surface area contributed by atoms with Gasteiger partial charge in [-0.05, 0) is 42.3 Å². The molecule has 2 aromatic rings. The number of piperazine rings is 1. The molecule has 124 valence electrons. The Balaban J connectivity index is 1.67. The molecule has 1 aliphatic heterocycles. The fraction of sp³-hybridized carbons (Fsp3) is 0.353. The van der Waals surface area contributed by atoms with Gasteiger partial charge in [0.1, 0.15) is 11.6 Å². The van der Waals surface area contributed by atoms with Gasteiger partial charge in [0, 0.05) is 23.7 Å². The summed E-state index contributed by atoms with van der Waals surface area (Å²) in [5.41, 5.74) is 0.610. The standard InChI is InChI=1S/C17H17N3O3S/c21-15-11(5-6-12(19-15)10-3-4-10)17(23)20-8-7-18-16(22)14(20)13-2-1-9-24-13/h1-2,5-6,9-10,14H,3-4,7-8H2,(H,18,22)(H,19,21). The molecule has 3 heterocycles. The number of nitrogens with zero attached hydrogens (tertiary/aromatic N) is 1. The van der Waals surface area contributed by atoms with Crippen molar-refractivity contribution in [3.63, 3.8) is 0 Å². The van der Waals surface area contributed by atoms with E-state index in [-0.39, 0.29) is 17.0 Å². The second-order valence-electron chi connectivity index (χ2n) is 6.14. The Morgan fingerprint density at radius 2 is 2.04 bits per heavy atom. The SMILES string of the molecule is O=C1NCCN(C(=O)c2ccc(C3CC3)[nH]c2=O)C1c1cccs1. The average Bonchev–Trinajstić information content (AvgIpc) is 3.29. The number of aromatic nitrogens is 1. The minimum atomic E-state index is -0.672. The van der Waals surface area contributed by atoms with Crippen molar-refractivity contribution < 1.29 is 9.59 Å². The largest absolute Gasteiger partial charge is 0.352 e. The first-order chi connectivity index (χ1) is 11.6. The zero-order valence-electron chi connectivity index (χ0n) is 13.0. The third-order valence-electron chi connectivity index (χ3n) is 4.47. The third kappa shape index (κ3) is 2.65. The van der Waals surface area contributed by atoms with E-state index in [1.807, 2.05) is 23.6 Å². The van der Waals surface area contributed by atoms with Gasteiger partial charge < -0.3 is 15.2 Å². The van der Waals surface area contributed by atoms with Crippen LogP contribution in [-0.2, 0) is 4.79 Å². The summed E-state index contributed by atoms with van der Waals surface area (Å²) < 4.78 is 0. The number of hydrogen-bond donors (Lipinski definition) is 2. The molecule has 0 spiro atoms. The highest BCUT2D eigenvalue weighted by Gasteiger charge is 2.36. The quantitative estimate of drug-likeness (QED) is 0.889. The Morgan fingerprint density at radius 1 is 1.21 bits per heavy atom. The summed E-state index contributed by atoms with van der Waals surface area (Å²) in [4.78, 5) is 42.6. The van der Waals surface area contributed by atoms with Gasteiger partial charge in [0.2, 0.25) is 5.91 Å². The zero-order chi connectivity index (χ0) is 16.7. The van der Waals surface area contributed by atoms with E-state index in [1.54, 1.807) is 6.07 Å². The Labute approximate surface area is 142 Å². The van der Waals surface area contributed by atoms with Crippen LogP contribution in [0.5, 0.6) is 0 Å². The van der Waals surface area contributed by atoms with Crippen LogP contribution >= 0.6 is 11.3 Å². The monoisotopic (exact) mass is 343 g/mol. The van der Waals surface area contributed by atoms with Crippen LogP contribution in [0.3, 0.4) is 0 Å². The van der Waals surface area contributed by atoms with Gasteiger partial charge in [0.25, 0.3) is 11.5 Å². The fourth-order valence-electron chi connectivity index (χ4n) is 3.06. The Bertz CT molecular complexity index is 839. The lowest BCUT2D eigenvalue weighted by Crippen LogP contribution is -2.52. The van der Waals surface area contributed by atoms with E-state index in [4.69, 9.17) is 0 Å². The number of pyridine rings is 1. The predicted molar refractivity (Wildman–Crippen MR) is 90.1 cm³/mol. The molecule has 7 heteroatoms. The van der Waals surface area contributed by atoms with Crippen LogP contribution in [0.4, 0.5) is 0 Å². The van der Waals surface area contributed by atoms with Crippen LogP contribution in [0.25, 0.3) is 0 Å². The molecule has 1 unspecified atom stereocenters. The fourth-order valence-corrected chi connectivity index (χ4v) is 3.89. The smallest absolute Gasteiger partial charge is 0.261 e. The first-order valence-electron chi connectivity index (χ1n) is 8.00. The number of aromatic amines is 1. The normalized spacial score (nSPS) is 20.8. The number of carbonyl (C=O) groups excluding carboxylic acids is 2. The van der Waals surface area contributed by atoms with Crippen molar-refractivity contribution in [2.75, 3.05) is 13.1 Å². The number of carbonyl (C=O) groups is 2. The van der Waals surface area contributed by atoms with E-state index in [9.17, 15) is 14.4 Å². The summed E-state index contributed by atoms with van der Waals surface area (Å²) in [6.45, 7) is 0.779. The number of rotatable bonds is 3. The van der Waals surface area contributed by atoms with Crippen LogP contribution < -0.4 is 10.9 Å². The van der Waals surface area contributed by atoms with E-state index >= 15 is 0 Å². The molecule has 0 radical (unpaired) electrons. The molecule has 1 atom stereocenters. The zero-order valence-corrected chi connectivity index (χ0v) is 13.8. The molecule has 4 rings (SSSR count). The summed E-state index contributed by atoms with van der Waals surface area (Å²) >= 11 is 1.43. The van der Waals surface area contributed by atoms with E-state index in [1.165, 1.54) is 16.2 Å². The molecule has 1 saturated heterocycles. The topological polar surface area (TPSA) is 82.3 Å². The molecule has 2 fully saturated rings. The van der Waals surface area contributed by atoms with E-state index in [0.29, 0.717) is 19.0 Å². The molecule has 2 aliphatic rings. The molecule has 2 amide bonds. The maximum absolute atomic E-state index is 12.9. The van der Waals surface area contributed by atoms with E-state index < -0.39 is 11.9 Å². The highest BCUT2D eigenvalue weighted by molar-refractivity contribution is 7.10. The molecule has 2 N–H and O–H groups in total. The van der Waals surface area contributed by atoms with Crippen molar-refractivity contribution in [2.24, 2.45) is 0 Å². The predicted octanol–water partition coefficient (Wildman–Crippen LogP) is 1.63. The lowest BCUT2D eigenvalue weighted by atomic mass is 10.1. The summed E-state index contributed by atoms with van der Waals surface area (Å²) in [5, 5.41) is 4.66. The molecule has 6 nitrogen and oxygen atoms in total. The Hall–Kier alpha value is -2.41. The van der Waals surface area contributed by atoms with Gasteiger partial charge in [-0.1, -0.05) is 6.07 Å². The second kappa shape index (κ2) is 5.90. The molecule has 1 saturated carbocycles. The van der Waals surface area contributed by atoms with Crippen molar-refractivity contribution in [1.82, 2.24) is 15.2 Å². The molecule has 2 aromatic heterocycles.